The molecular weight excluding hydrogens is 281 g/mol. The molecule has 0 radical (unpaired) electrons. The van der Waals surface area contributed by atoms with Gasteiger partial charge in [-0.25, -0.2) is 0 Å². The molecule has 1 aliphatic rings. The van der Waals surface area contributed by atoms with Crippen LogP contribution in [0.1, 0.15) is 18.5 Å². The van der Waals surface area contributed by atoms with Crippen LogP contribution in [0.25, 0.3) is 0 Å². The molecule has 82 valence electrons. The fourth-order valence-electron chi connectivity index (χ4n) is 1.73. The van der Waals surface area contributed by atoms with Gasteiger partial charge in [0, 0.05) is 10.6 Å². The number of ether oxygens (including phenoxy) is 1. The van der Waals surface area contributed by atoms with E-state index < -0.39 is 0 Å². The highest BCUT2D eigenvalue weighted by atomic mass is 79.9. The van der Waals surface area contributed by atoms with Gasteiger partial charge in [0.2, 0.25) is 0 Å². The van der Waals surface area contributed by atoms with Crippen LogP contribution in [-0.4, -0.2) is 13.2 Å². The second kappa shape index (κ2) is 4.29. The maximum Gasteiger partial charge on any atom is 0.139 e. The number of hydrogen-bond donors (Lipinski definition) is 1. The normalized spacial score (nSPS) is 23.7. The highest BCUT2D eigenvalue weighted by Crippen LogP contribution is 2.43. The summed E-state index contributed by atoms with van der Waals surface area (Å²) >= 11 is 9.41. The molecule has 0 amide bonds. The largest absolute Gasteiger partial charge is 0.487 e. The quantitative estimate of drug-likeness (QED) is 0.850. The van der Waals surface area contributed by atoms with Gasteiger partial charge in [-0.2, -0.15) is 5.48 Å². The summed E-state index contributed by atoms with van der Waals surface area (Å²) in [5.74, 6) is 0.835. The number of nitrogens with one attached hydrogen (secondary N) is 1. The Kier molecular flexibility index (Phi) is 3.21. The Morgan fingerprint density at radius 1 is 1.53 bits per heavy atom. The lowest BCUT2D eigenvalue weighted by Crippen LogP contribution is -2.27. The van der Waals surface area contributed by atoms with Crippen molar-refractivity contribution in [1.29, 1.82) is 0 Å². The highest BCUT2D eigenvalue weighted by molar-refractivity contribution is 9.10. The molecule has 0 saturated carbocycles. The van der Waals surface area contributed by atoms with Crippen LogP contribution in [0.2, 0.25) is 5.02 Å². The van der Waals surface area contributed by atoms with Crippen molar-refractivity contribution in [1.82, 2.24) is 5.48 Å². The molecule has 5 heteroatoms. The van der Waals surface area contributed by atoms with Crippen LogP contribution in [0.4, 0.5) is 0 Å². The SMILES string of the molecule is CONC1c2cc(Cl)cc(Br)c2OC1C. The Morgan fingerprint density at radius 2 is 2.27 bits per heavy atom. The third-order valence-electron chi connectivity index (χ3n) is 2.39. The molecule has 0 aromatic heterocycles. The molecular formula is C10H11BrClNO2. The van der Waals surface area contributed by atoms with Crippen LogP contribution in [0.3, 0.4) is 0 Å². The van der Waals surface area contributed by atoms with Crippen molar-refractivity contribution in [2.75, 3.05) is 7.11 Å². The van der Waals surface area contributed by atoms with E-state index in [1.807, 2.05) is 19.1 Å². The standard InChI is InChI=1S/C10H11BrClNO2/c1-5-9(13-14-2)7-3-6(12)4-8(11)10(7)15-5/h3-5,9,13H,1-2H3. The topological polar surface area (TPSA) is 30.5 Å². The Hall–Kier alpha value is -0.290. The summed E-state index contributed by atoms with van der Waals surface area (Å²) in [6, 6.07) is 3.73. The van der Waals surface area contributed by atoms with Crippen LogP contribution in [0, 0.1) is 0 Å². The number of hydroxylamine groups is 1. The molecule has 1 aliphatic heterocycles. The fraction of sp³-hybridized carbons (Fsp3) is 0.400. The fourth-order valence-corrected chi connectivity index (χ4v) is 2.66. The van der Waals surface area contributed by atoms with Gasteiger partial charge in [0.15, 0.2) is 0 Å². The van der Waals surface area contributed by atoms with E-state index in [0.29, 0.717) is 5.02 Å². The molecule has 15 heavy (non-hydrogen) atoms. The van der Waals surface area contributed by atoms with Gasteiger partial charge in [-0.05, 0) is 35.0 Å². The number of hydrogen-bond acceptors (Lipinski definition) is 3. The smallest absolute Gasteiger partial charge is 0.139 e. The second-order valence-electron chi connectivity index (χ2n) is 3.43. The van der Waals surface area contributed by atoms with E-state index in [4.69, 9.17) is 21.2 Å². The molecule has 1 N–H and O–H groups in total. The maximum absolute atomic E-state index is 5.99. The van der Waals surface area contributed by atoms with Crippen molar-refractivity contribution in [3.05, 3.63) is 27.2 Å². The minimum Gasteiger partial charge on any atom is -0.487 e. The number of rotatable bonds is 2. The van der Waals surface area contributed by atoms with Gasteiger partial charge in [0.25, 0.3) is 0 Å². The van der Waals surface area contributed by atoms with E-state index in [9.17, 15) is 0 Å². The van der Waals surface area contributed by atoms with E-state index in [2.05, 4.69) is 21.4 Å². The first-order valence-corrected chi connectivity index (χ1v) is 5.74. The van der Waals surface area contributed by atoms with E-state index >= 15 is 0 Å². The molecule has 2 unspecified atom stereocenters. The zero-order chi connectivity index (χ0) is 11.0. The van der Waals surface area contributed by atoms with Gasteiger partial charge < -0.3 is 9.57 Å². The van der Waals surface area contributed by atoms with Crippen molar-refractivity contribution in [3.63, 3.8) is 0 Å². The van der Waals surface area contributed by atoms with Crippen molar-refractivity contribution in [2.45, 2.75) is 19.1 Å². The lowest BCUT2D eigenvalue weighted by molar-refractivity contribution is 0.0338. The molecule has 1 heterocycles. The minimum atomic E-state index is 0.0139. The van der Waals surface area contributed by atoms with E-state index in [1.165, 1.54) is 0 Å². The molecule has 0 spiro atoms. The van der Waals surface area contributed by atoms with Gasteiger partial charge in [-0.1, -0.05) is 11.6 Å². The summed E-state index contributed by atoms with van der Waals surface area (Å²) in [6.45, 7) is 1.98. The Bertz CT molecular complexity index is 386. The van der Waals surface area contributed by atoms with Crippen molar-refractivity contribution in [3.8, 4) is 5.75 Å². The summed E-state index contributed by atoms with van der Waals surface area (Å²) in [7, 11) is 1.59. The molecule has 3 nitrogen and oxygen atoms in total. The lowest BCUT2D eigenvalue weighted by Gasteiger charge is -2.14. The molecule has 0 saturated heterocycles. The summed E-state index contributed by atoms with van der Waals surface area (Å²) < 4.78 is 6.58. The van der Waals surface area contributed by atoms with Crippen molar-refractivity contribution < 1.29 is 9.57 Å². The van der Waals surface area contributed by atoms with E-state index in [0.717, 1.165) is 15.8 Å². The van der Waals surface area contributed by atoms with Crippen LogP contribution >= 0.6 is 27.5 Å². The monoisotopic (exact) mass is 291 g/mol. The predicted octanol–water partition coefficient (Wildman–Crippen LogP) is 3.08. The predicted molar refractivity (Wildman–Crippen MR) is 62.1 cm³/mol. The number of benzene rings is 1. The van der Waals surface area contributed by atoms with Crippen LogP contribution in [0.5, 0.6) is 5.75 Å². The average molecular weight is 293 g/mol. The Morgan fingerprint density at radius 3 is 2.93 bits per heavy atom. The zero-order valence-corrected chi connectivity index (χ0v) is 10.7. The average Bonchev–Trinajstić information content (AvgIpc) is 2.46. The summed E-state index contributed by atoms with van der Waals surface area (Å²) in [6.07, 6.45) is 0.0229. The molecule has 0 aliphatic carbocycles. The van der Waals surface area contributed by atoms with Gasteiger partial charge in [0.05, 0.1) is 17.6 Å². The summed E-state index contributed by atoms with van der Waals surface area (Å²) in [5, 5.41) is 0.682. The molecule has 1 aromatic rings. The van der Waals surface area contributed by atoms with Gasteiger partial charge in [-0.3, -0.25) is 0 Å². The zero-order valence-electron chi connectivity index (χ0n) is 8.38. The molecule has 0 fully saturated rings. The lowest BCUT2D eigenvalue weighted by atomic mass is 10.1. The molecule has 1 aromatic carbocycles. The minimum absolute atomic E-state index is 0.0139. The first-order chi connectivity index (χ1) is 7.13. The first-order valence-electron chi connectivity index (χ1n) is 4.57. The third kappa shape index (κ3) is 1.99. The van der Waals surface area contributed by atoms with Crippen molar-refractivity contribution >= 4 is 27.5 Å². The number of halogens is 2. The van der Waals surface area contributed by atoms with E-state index in [1.54, 1.807) is 7.11 Å². The number of fused-ring (bicyclic) bond motifs is 1. The maximum atomic E-state index is 5.99. The van der Waals surface area contributed by atoms with E-state index in [-0.39, 0.29) is 12.1 Å². The summed E-state index contributed by atoms with van der Waals surface area (Å²) in [5.41, 5.74) is 3.92. The molecule has 0 bridgehead atoms. The third-order valence-corrected chi connectivity index (χ3v) is 3.20. The molecule has 2 atom stereocenters. The summed E-state index contributed by atoms with van der Waals surface area (Å²) in [4.78, 5) is 4.94. The van der Waals surface area contributed by atoms with Crippen LogP contribution in [0.15, 0.2) is 16.6 Å². The van der Waals surface area contributed by atoms with Gasteiger partial charge in [-0.15, -0.1) is 0 Å². The first kappa shape index (κ1) is 11.2. The Labute approximate surface area is 102 Å². The van der Waals surface area contributed by atoms with Gasteiger partial charge >= 0.3 is 0 Å². The second-order valence-corrected chi connectivity index (χ2v) is 4.72. The van der Waals surface area contributed by atoms with Gasteiger partial charge in [0.1, 0.15) is 11.9 Å². The van der Waals surface area contributed by atoms with Crippen LogP contribution in [-0.2, 0) is 4.84 Å². The Balaban J connectivity index is 2.43. The van der Waals surface area contributed by atoms with Crippen molar-refractivity contribution in [2.24, 2.45) is 0 Å². The van der Waals surface area contributed by atoms with Crippen LogP contribution < -0.4 is 10.2 Å². The molecule has 2 rings (SSSR count). The highest BCUT2D eigenvalue weighted by Gasteiger charge is 2.33.